The molecule has 0 spiro atoms. The topological polar surface area (TPSA) is 61.5 Å². The molecule has 1 aliphatic rings. The SMILES string of the molecule is COc1ccc(C(=O)C2(C)COCC2N)cc1. The average Bonchev–Trinajstić information content (AvgIpc) is 2.70. The van der Waals surface area contributed by atoms with Crippen molar-refractivity contribution >= 4 is 5.78 Å². The second-order valence-electron chi connectivity index (χ2n) is 4.60. The lowest BCUT2D eigenvalue weighted by molar-refractivity contribution is 0.0767. The van der Waals surface area contributed by atoms with Crippen molar-refractivity contribution in [2.75, 3.05) is 20.3 Å². The van der Waals surface area contributed by atoms with Crippen LogP contribution < -0.4 is 10.5 Å². The van der Waals surface area contributed by atoms with E-state index in [1.54, 1.807) is 31.4 Å². The Labute approximate surface area is 101 Å². The molecule has 1 aromatic carbocycles. The van der Waals surface area contributed by atoms with Crippen LogP contribution in [0.3, 0.4) is 0 Å². The van der Waals surface area contributed by atoms with Crippen molar-refractivity contribution in [3.05, 3.63) is 29.8 Å². The minimum Gasteiger partial charge on any atom is -0.497 e. The van der Waals surface area contributed by atoms with E-state index in [9.17, 15) is 4.79 Å². The Morgan fingerprint density at radius 1 is 1.47 bits per heavy atom. The van der Waals surface area contributed by atoms with E-state index in [2.05, 4.69) is 0 Å². The maximum absolute atomic E-state index is 12.4. The Kier molecular flexibility index (Phi) is 3.17. The fraction of sp³-hybridized carbons (Fsp3) is 0.462. The molecule has 0 aliphatic carbocycles. The van der Waals surface area contributed by atoms with Gasteiger partial charge in [-0.3, -0.25) is 4.79 Å². The van der Waals surface area contributed by atoms with Gasteiger partial charge in [0.25, 0.3) is 0 Å². The number of ether oxygens (including phenoxy) is 2. The highest BCUT2D eigenvalue weighted by Gasteiger charge is 2.44. The van der Waals surface area contributed by atoms with Gasteiger partial charge in [-0.1, -0.05) is 0 Å². The molecule has 17 heavy (non-hydrogen) atoms. The summed E-state index contributed by atoms with van der Waals surface area (Å²) >= 11 is 0. The van der Waals surface area contributed by atoms with Crippen LogP contribution in [0, 0.1) is 5.41 Å². The molecule has 1 fully saturated rings. The highest BCUT2D eigenvalue weighted by atomic mass is 16.5. The van der Waals surface area contributed by atoms with Gasteiger partial charge < -0.3 is 15.2 Å². The number of hydrogen-bond donors (Lipinski definition) is 1. The molecule has 1 aromatic rings. The van der Waals surface area contributed by atoms with Gasteiger partial charge in [0, 0.05) is 11.6 Å². The number of hydrogen-bond acceptors (Lipinski definition) is 4. The summed E-state index contributed by atoms with van der Waals surface area (Å²) in [6.07, 6.45) is 0. The van der Waals surface area contributed by atoms with E-state index in [-0.39, 0.29) is 11.8 Å². The minimum absolute atomic E-state index is 0.0325. The largest absolute Gasteiger partial charge is 0.497 e. The summed E-state index contributed by atoms with van der Waals surface area (Å²) in [7, 11) is 1.60. The Morgan fingerprint density at radius 2 is 2.12 bits per heavy atom. The number of carbonyl (C=O) groups is 1. The number of nitrogens with two attached hydrogens (primary N) is 1. The first kappa shape index (κ1) is 12.1. The van der Waals surface area contributed by atoms with Gasteiger partial charge in [-0.25, -0.2) is 0 Å². The highest BCUT2D eigenvalue weighted by Crippen LogP contribution is 2.31. The second kappa shape index (κ2) is 4.47. The summed E-state index contributed by atoms with van der Waals surface area (Å²) in [6.45, 7) is 2.69. The molecule has 0 saturated carbocycles. The van der Waals surface area contributed by atoms with Crippen molar-refractivity contribution in [2.24, 2.45) is 11.1 Å². The molecule has 2 atom stereocenters. The van der Waals surface area contributed by atoms with Crippen molar-refractivity contribution < 1.29 is 14.3 Å². The van der Waals surface area contributed by atoms with Gasteiger partial charge >= 0.3 is 0 Å². The summed E-state index contributed by atoms with van der Waals surface area (Å²) in [4.78, 5) is 12.4. The van der Waals surface area contributed by atoms with Gasteiger partial charge in [-0.2, -0.15) is 0 Å². The Bertz CT molecular complexity index is 415. The van der Waals surface area contributed by atoms with Crippen LogP contribution in [-0.4, -0.2) is 32.1 Å². The summed E-state index contributed by atoms with van der Waals surface area (Å²) in [6, 6.07) is 6.84. The van der Waals surface area contributed by atoms with E-state index in [1.165, 1.54) is 0 Å². The second-order valence-corrected chi connectivity index (χ2v) is 4.60. The molecule has 2 rings (SSSR count). The van der Waals surface area contributed by atoms with Crippen molar-refractivity contribution in [3.8, 4) is 5.75 Å². The molecule has 1 saturated heterocycles. The smallest absolute Gasteiger partial charge is 0.172 e. The molecule has 4 nitrogen and oxygen atoms in total. The van der Waals surface area contributed by atoms with Gasteiger partial charge in [0.05, 0.1) is 25.7 Å². The predicted molar refractivity (Wildman–Crippen MR) is 64.2 cm³/mol. The average molecular weight is 235 g/mol. The van der Waals surface area contributed by atoms with Gasteiger partial charge in [-0.15, -0.1) is 0 Å². The van der Waals surface area contributed by atoms with Gasteiger partial charge in [0.2, 0.25) is 0 Å². The molecule has 0 bridgehead atoms. The molecule has 0 amide bonds. The van der Waals surface area contributed by atoms with E-state index < -0.39 is 5.41 Å². The lowest BCUT2D eigenvalue weighted by Crippen LogP contribution is -2.44. The van der Waals surface area contributed by atoms with E-state index in [4.69, 9.17) is 15.2 Å². The first-order valence-electron chi connectivity index (χ1n) is 5.60. The van der Waals surface area contributed by atoms with Crippen LogP contribution in [0.4, 0.5) is 0 Å². The van der Waals surface area contributed by atoms with Crippen LogP contribution in [-0.2, 0) is 4.74 Å². The first-order chi connectivity index (χ1) is 8.08. The van der Waals surface area contributed by atoms with Gasteiger partial charge in [0.15, 0.2) is 5.78 Å². The number of Topliss-reactive ketones (excluding diaryl/α,β-unsaturated/α-hetero) is 1. The van der Waals surface area contributed by atoms with Gasteiger partial charge in [-0.05, 0) is 31.2 Å². The molecule has 92 valence electrons. The first-order valence-corrected chi connectivity index (χ1v) is 5.60. The standard InChI is InChI=1S/C13H17NO3/c1-13(8-17-7-11(13)14)12(15)9-3-5-10(16-2)6-4-9/h3-6,11H,7-8,14H2,1-2H3. The normalized spacial score (nSPS) is 28.1. The van der Waals surface area contributed by atoms with Crippen molar-refractivity contribution in [1.29, 1.82) is 0 Å². The minimum atomic E-state index is -0.616. The molecule has 2 unspecified atom stereocenters. The van der Waals surface area contributed by atoms with Crippen LogP contribution in [0.25, 0.3) is 0 Å². The molecule has 1 heterocycles. The third-order valence-corrected chi connectivity index (χ3v) is 3.39. The molecular formula is C13H17NO3. The number of carbonyl (C=O) groups excluding carboxylic acids is 1. The molecular weight excluding hydrogens is 218 g/mol. The monoisotopic (exact) mass is 235 g/mol. The fourth-order valence-corrected chi connectivity index (χ4v) is 1.99. The Morgan fingerprint density at radius 3 is 2.59 bits per heavy atom. The zero-order chi connectivity index (χ0) is 12.5. The fourth-order valence-electron chi connectivity index (χ4n) is 1.99. The summed E-state index contributed by atoms with van der Waals surface area (Å²) in [5.41, 5.74) is 5.97. The predicted octanol–water partition coefficient (Wildman–Crippen LogP) is 1.24. The number of ketones is 1. The van der Waals surface area contributed by atoms with E-state index in [0.29, 0.717) is 18.8 Å². The molecule has 0 radical (unpaired) electrons. The molecule has 2 N–H and O–H groups in total. The van der Waals surface area contributed by atoms with Crippen molar-refractivity contribution in [2.45, 2.75) is 13.0 Å². The quantitative estimate of drug-likeness (QED) is 0.801. The highest BCUT2D eigenvalue weighted by molar-refractivity contribution is 6.01. The third-order valence-electron chi connectivity index (χ3n) is 3.39. The van der Waals surface area contributed by atoms with Crippen LogP contribution in [0.5, 0.6) is 5.75 Å². The lowest BCUT2D eigenvalue weighted by atomic mass is 9.78. The number of benzene rings is 1. The summed E-state index contributed by atoms with van der Waals surface area (Å²) < 4.78 is 10.3. The lowest BCUT2D eigenvalue weighted by Gasteiger charge is -2.25. The number of methoxy groups -OCH3 is 1. The van der Waals surface area contributed by atoms with E-state index in [0.717, 1.165) is 5.75 Å². The van der Waals surface area contributed by atoms with Crippen molar-refractivity contribution in [1.82, 2.24) is 0 Å². The molecule has 4 heteroatoms. The van der Waals surface area contributed by atoms with E-state index in [1.807, 2.05) is 6.92 Å². The van der Waals surface area contributed by atoms with Crippen LogP contribution in [0.2, 0.25) is 0 Å². The van der Waals surface area contributed by atoms with E-state index >= 15 is 0 Å². The Hall–Kier alpha value is -1.39. The Balaban J connectivity index is 2.24. The van der Waals surface area contributed by atoms with Gasteiger partial charge in [0.1, 0.15) is 5.75 Å². The molecule has 1 aliphatic heterocycles. The summed E-state index contributed by atoms with van der Waals surface area (Å²) in [5, 5.41) is 0. The van der Waals surface area contributed by atoms with Crippen LogP contribution >= 0.6 is 0 Å². The zero-order valence-corrected chi connectivity index (χ0v) is 10.1. The maximum Gasteiger partial charge on any atom is 0.172 e. The van der Waals surface area contributed by atoms with Crippen LogP contribution in [0.15, 0.2) is 24.3 Å². The molecule has 0 aromatic heterocycles. The zero-order valence-electron chi connectivity index (χ0n) is 10.1. The maximum atomic E-state index is 12.4. The number of rotatable bonds is 3. The van der Waals surface area contributed by atoms with Crippen LogP contribution in [0.1, 0.15) is 17.3 Å². The third kappa shape index (κ3) is 2.06. The summed E-state index contributed by atoms with van der Waals surface area (Å²) in [5.74, 6) is 0.767. The van der Waals surface area contributed by atoms with Crippen molar-refractivity contribution in [3.63, 3.8) is 0 Å².